The normalized spacial score (nSPS) is 11.5. The number of nitrogens with one attached hydrogen (secondary N) is 1. The minimum atomic E-state index is -1.02. The van der Waals surface area contributed by atoms with Crippen molar-refractivity contribution in [2.45, 2.75) is 19.4 Å². The van der Waals surface area contributed by atoms with E-state index in [9.17, 15) is 4.79 Å². The Balaban J connectivity index is 1.92. The van der Waals surface area contributed by atoms with Gasteiger partial charge in [0.1, 0.15) is 0 Å². The molecule has 0 unspecified atom stereocenters. The third-order valence-corrected chi connectivity index (χ3v) is 4.48. The van der Waals surface area contributed by atoms with Crippen LogP contribution in [0.4, 0.5) is 4.79 Å². The molecule has 0 aliphatic heterocycles. The molecule has 4 nitrogen and oxygen atoms in total. The van der Waals surface area contributed by atoms with E-state index >= 15 is 0 Å². The molecule has 2 aromatic carbocycles. The molecule has 0 saturated carbocycles. The second-order valence-corrected chi connectivity index (χ2v) is 6.55. The second kappa shape index (κ2) is 5.42. The Kier molecular flexibility index (Phi) is 3.58. The third-order valence-electron chi connectivity index (χ3n) is 3.69. The highest BCUT2D eigenvalue weighted by atomic mass is 32.1. The van der Waals surface area contributed by atoms with Gasteiger partial charge in [0.15, 0.2) is 0 Å². The molecule has 0 radical (unpaired) electrons. The minimum Gasteiger partial charge on any atom is -0.465 e. The molecule has 0 spiro atoms. The van der Waals surface area contributed by atoms with Crippen molar-refractivity contribution in [1.29, 1.82) is 0 Å². The number of carbonyl (C=O) groups is 1. The molecule has 2 N–H and O–H groups in total. The van der Waals surface area contributed by atoms with Gasteiger partial charge in [0, 0.05) is 0 Å². The van der Waals surface area contributed by atoms with Crippen LogP contribution in [0.1, 0.15) is 19.4 Å². The minimum absolute atomic E-state index is 0.619. The summed E-state index contributed by atoms with van der Waals surface area (Å²) in [4.78, 5) is 15.1. The van der Waals surface area contributed by atoms with Crippen molar-refractivity contribution >= 4 is 27.6 Å². The molecular formula is C17H16N2O2S. The zero-order valence-corrected chi connectivity index (χ0v) is 13.1. The summed E-state index contributed by atoms with van der Waals surface area (Å²) >= 11 is 1.62. The molecule has 0 aliphatic carbocycles. The maximum atomic E-state index is 10.9. The third kappa shape index (κ3) is 2.80. The fourth-order valence-electron chi connectivity index (χ4n) is 2.45. The lowest BCUT2D eigenvalue weighted by Crippen LogP contribution is -2.39. The fourth-order valence-corrected chi connectivity index (χ4v) is 3.17. The highest BCUT2D eigenvalue weighted by molar-refractivity contribution is 7.16. The Morgan fingerprint density at radius 2 is 1.82 bits per heavy atom. The van der Waals surface area contributed by atoms with Gasteiger partial charge in [0.2, 0.25) is 0 Å². The van der Waals surface area contributed by atoms with Crippen molar-refractivity contribution in [3.63, 3.8) is 0 Å². The SMILES string of the molecule is CC(C)(NC(=O)O)c1ccc(-c2ccc3ncsc3c2)cc1. The van der Waals surface area contributed by atoms with Crippen LogP contribution in [0.3, 0.4) is 0 Å². The molecular weight excluding hydrogens is 296 g/mol. The Bertz CT molecular complexity index is 822. The molecule has 22 heavy (non-hydrogen) atoms. The average molecular weight is 312 g/mol. The van der Waals surface area contributed by atoms with Crippen LogP contribution >= 0.6 is 11.3 Å². The summed E-state index contributed by atoms with van der Waals surface area (Å²) in [5.74, 6) is 0. The Labute approximate surface area is 132 Å². The molecule has 112 valence electrons. The summed E-state index contributed by atoms with van der Waals surface area (Å²) in [5, 5.41) is 11.4. The topological polar surface area (TPSA) is 62.2 Å². The van der Waals surface area contributed by atoms with Crippen molar-refractivity contribution in [2.24, 2.45) is 0 Å². The van der Waals surface area contributed by atoms with E-state index in [1.54, 1.807) is 11.3 Å². The predicted octanol–water partition coefficient (Wildman–Crippen LogP) is 4.47. The molecule has 5 heteroatoms. The van der Waals surface area contributed by atoms with Gasteiger partial charge in [-0.1, -0.05) is 30.3 Å². The lowest BCUT2D eigenvalue weighted by molar-refractivity contribution is 0.182. The van der Waals surface area contributed by atoms with Gasteiger partial charge in [0.25, 0.3) is 0 Å². The first-order valence-electron chi connectivity index (χ1n) is 6.91. The summed E-state index contributed by atoms with van der Waals surface area (Å²) in [5.41, 5.74) is 5.40. The molecule has 0 bridgehead atoms. The van der Waals surface area contributed by atoms with Crippen molar-refractivity contribution in [1.82, 2.24) is 10.3 Å². The number of hydrogen-bond acceptors (Lipinski definition) is 3. The smallest absolute Gasteiger partial charge is 0.405 e. The standard InChI is InChI=1S/C17H16N2O2S/c1-17(2,19-16(20)21)13-6-3-11(4-7-13)12-5-8-14-15(9-12)22-10-18-14/h3-10,19H,1-2H3,(H,20,21). The number of carboxylic acid groups (broad SMARTS) is 1. The Morgan fingerprint density at radius 1 is 1.14 bits per heavy atom. The molecule has 0 atom stereocenters. The van der Waals surface area contributed by atoms with E-state index in [-0.39, 0.29) is 0 Å². The molecule has 1 amide bonds. The molecule has 0 saturated heterocycles. The van der Waals surface area contributed by atoms with Crippen LogP contribution < -0.4 is 5.32 Å². The van der Waals surface area contributed by atoms with Crippen LogP contribution in [0.2, 0.25) is 0 Å². The lowest BCUT2D eigenvalue weighted by Gasteiger charge is -2.25. The van der Waals surface area contributed by atoms with Crippen LogP contribution in [-0.2, 0) is 5.54 Å². The van der Waals surface area contributed by atoms with E-state index in [4.69, 9.17) is 5.11 Å². The summed E-state index contributed by atoms with van der Waals surface area (Å²) in [6.45, 7) is 3.69. The molecule has 3 aromatic rings. The first-order valence-corrected chi connectivity index (χ1v) is 7.79. The summed E-state index contributed by atoms with van der Waals surface area (Å²) in [7, 11) is 0. The summed E-state index contributed by atoms with van der Waals surface area (Å²) in [6.07, 6.45) is -1.02. The Hall–Kier alpha value is -2.40. The number of hydrogen-bond donors (Lipinski definition) is 2. The van der Waals surface area contributed by atoms with Crippen LogP contribution in [0.5, 0.6) is 0 Å². The van der Waals surface area contributed by atoms with Crippen molar-refractivity contribution < 1.29 is 9.90 Å². The van der Waals surface area contributed by atoms with Gasteiger partial charge in [0.05, 0.1) is 21.3 Å². The number of aromatic nitrogens is 1. The zero-order valence-electron chi connectivity index (χ0n) is 12.3. The highest BCUT2D eigenvalue weighted by Crippen LogP contribution is 2.28. The predicted molar refractivity (Wildman–Crippen MR) is 89.2 cm³/mol. The van der Waals surface area contributed by atoms with Crippen LogP contribution in [0, 0.1) is 0 Å². The zero-order chi connectivity index (χ0) is 15.7. The van der Waals surface area contributed by atoms with Crippen LogP contribution in [0.15, 0.2) is 48.0 Å². The monoisotopic (exact) mass is 312 g/mol. The van der Waals surface area contributed by atoms with Gasteiger partial charge in [-0.15, -0.1) is 11.3 Å². The van der Waals surface area contributed by atoms with Crippen molar-refractivity contribution in [2.75, 3.05) is 0 Å². The van der Waals surface area contributed by atoms with Crippen molar-refractivity contribution in [3.8, 4) is 11.1 Å². The molecule has 0 aliphatic rings. The number of thiazole rings is 1. The molecule has 1 aromatic heterocycles. The van der Waals surface area contributed by atoms with E-state index in [0.29, 0.717) is 0 Å². The van der Waals surface area contributed by atoms with Gasteiger partial charge in [-0.25, -0.2) is 9.78 Å². The number of benzene rings is 2. The quantitative estimate of drug-likeness (QED) is 0.750. The van der Waals surface area contributed by atoms with Crippen molar-refractivity contribution in [3.05, 3.63) is 53.5 Å². The number of amides is 1. The fraction of sp³-hybridized carbons (Fsp3) is 0.176. The summed E-state index contributed by atoms with van der Waals surface area (Å²) in [6, 6.07) is 14.2. The van der Waals surface area contributed by atoms with E-state index in [1.807, 2.05) is 49.7 Å². The maximum absolute atomic E-state index is 10.9. The summed E-state index contributed by atoms with van der Waals surface area (Å²) < 4.78 is 1.16. The van der Waals surface area contributed by atoms with Gasteiger partial charge in [-0.2, -0.15) is 0 Å². The van der Waals surface area contributed by atoms with Gasteiger partial charge in [-0.3, -0.25) is 0 Å². The average Bonchev–Trinajstić information content (AvgIpc) is 2.93. The second-order valence-electron chi connectivity index (χ2n) is 5.67. The first-order chi connectivity index (χ1) is 10.5. The van der Waals surface area contributed by atoms with Crippen LogP contribution in [0.25, 0.3) is 21.3 Å². The number of rotatable bonds is 3. The molecule has 1 heterocycles. The Morgan fingerprint density at radius 3 is 2.50 bits per heavy atom. The highest BCUT2D eigenvalue weighted by Gasteiger charge is 2.22. The van der Waals surface area contributed by atoms with E-state index in [1.165, 1.54) is 0 Å². The first kappa shape index (κ1) is 14.5. The van der Waals surface area contributed by atoms with E-state index in [2.05, 4.69) is 22.4 Å². The lowest BCUT2D eigenvalue weighted by atomic mass is 9.92. The van der Waals surface area contributed by atoms with Crippen LogP contribution in [-0.4, -0.2) is 16.2 Å². The number of nitrogens with zero attached hydrogens (tertiary/aromatic N) is 1. The van der Waals surface area contributed by atoms with E-state index in [0.717, 1.165) is 26.9 Å². The molecule has 3 rings (SSSR count). The largest absolute Gasteiger partial charge is 0.465 e. The van der Waals surface area contributed by atoms with Gasteiger partial charge < -0.3 is 10.4 Å². The van der Waals surface area contributed by atoms with Gasteiger partial charge >= 0.3 is 6.09 Å². The van der Waals surface area contributed by atoms with E-state index < -0.39 is 11.6 Å². The number of fused-ring (bicyclic) bond motifs is 1. The maximum Gasteiger partial charge on any atom is 0.405 e. The molecule has 0 fully saturated rings. The van der Waals surface area contributed by atoms with Gasteiger partial charge in [-0.05, 0) is 42.7 Å².